The number of benzene rings is 1. The molecule has 31 heavy (non-hydrogen) atoms. The predicted octanol–water partition coefficient (Wildman–Crippen LogP) is 3.50. The zero-order valence-electron chi connectivity index (χ0n) is 17.5. The number of nitrogens with zero attached hydrogens (tertiary/aromatic N) is 4. The number of nitrogens with one attached hydrogen (secondary N) is 1. The normalized spacial score (nSPS) is 11.2. The van der Waals surface area contributed by atoms with Crippen molar-refractivity contribution in [2.45, 2.75) is 59.2 Å². The molecule has 1 amide bonds. The fraction of sp³-hybridized carbons (Fsp3) is 0.429. The van der Waals surface area contributed by atoms with Crippen LogP contribution < -0.4 is 16.6 Å². The van der Waals surface area contributed by atoms with Gasteiger partial charge in [-0.05, 0) is 31.0 Å². The van der Waals surface area contributed by atoms with Gasteiger partial charge in [-0.25, -0.2) is 18.7 Å². The van der Waals surface area contributed by atoms with E-state index in [0.29, 0.717) is 28.7 Å². The van der Waals surface area contributed by atoms with Gasteiger partial charge in [0.2, 0.25) is 5.91 Å². The summed E-state index contributed by atoms with van der Waals surface area (Å²) in [6, 6.07) is 4.21. The third-order valence-corrected chi connectivity index (χ3v) is 5.47. The number of rotatable bonds is 9. The first-order valence-electron chi connectivity index (χ1n) is 10.3. The van der Waals surface area contributed by atoms with Crippen molar-refractivity contribution in [2.24, 2.45) is 0 Å². The number of unbranched alkanes of at least 4 members (excludes halogenated alkanes) is 2. The van der Waals surface area contributed by atoms with Crippen molar-refractivity contribution in [2.75, 3.05) is 5.32 Å². The number of amides is 1. The number of hydrogen-bond acceptors (Lipinski definition) is 4. The van der Waals surface area contributed by atoms with Gasteiger partial charge in [-0.15, -0.1) is 0 Å². The Balaban J connectivity index is 2.02. The first-order chi connectivity index (χ1) is 14.9. The molecule has 0 aliphatic carbocycles. The summed E-state index contributed by atoms with van der Waals surface area (Å²) in [4.78, 5) is 43.1. The summed E-state index contributed by atoms with van der Waals surface area (Å²) in [6.07, 6.45) is 4.93. The van der Waals surface area contributed by atoms with Gasteiger partial charge >= 0.3 is 5.69 Å². The zero-order chi connectivity index (χ0) is 22.5. The van der Waals surface area contributed by atoms with Crippen molar-refractivity contribution in [3.8, 4) is 0 Å². The second-order valence-corrected chi connectivity index (χ2v) is 8.23. The van der Waals surface area contributed by atoms with Crippen LogP contribution in [0.25, 0.3) is 11.2 Å². The largest absolute Gasteiger partial charge is 0.333 e. The van der Waals surface area contributed by atoms with Crippen LogP contribution in [0.1, 0.15) is 39.5 Å². The molecule has 8 nitrogen and oxygen atoms in total. The van der Waals surface area contributed by atoms with E-state index >= 15 is 0 Å². The van der Waals surface area contributed by atoms with Gasteiger partial charge in [0.25, 0.3) is 5.56 Å². The summed E-state index contributed by atoms with van der Waals surface area (Å²) in [6.45, 7) is 4.50. The molecular formula is C21H25BrFN5O3. The molecule has 0 saturated heterocycles. The smallest absolute Gasteiger partial charge is 0.325 e. The van der Waals surface area contributed by atoms with Gasteiger partial charge in [-0.1, -0.05) is 42.6 Å². The number of aryl methyl sites for hydroxylation is 2. The number of halogens is 2. The maximum Gasteiger partial charge on any atom is 0.333 e. The second-order valence-electron chi connectivity index (χ2n) is 7.32. The Morgan fingerprint density at radius 3 is 2.52 bits per heavy atom. The Labute approximate surface area is 186 Å². The van der Waals surface area contributed by atoms with Crippen LogP contribution in [0.15, 0.2) is 38.6 Å². The maximum absolute atomic E-state index is 14.1. The summed E-state index contributed by atoms with van der Waals surface area (Å²) in [7, 11) is 0. The molecule has 0 spiro atoms. The van der Waals surface area contributed by atoms with Gasteiger partial charge in [0.1, 0.15) is 12.4 Å². The molecule has 2 heterocycles. The van der Waals surface area contributed by atoms with Crippen LogP contribution in [-0.2, 0) is 24.4 Å². The third kappa shape index (κ3) is 4.95. The summed E-state index contributed by atoms with van der Waals surface area (Å²) >= 11 is 3.16. The van der Waals surface area contributed by atoms with E-state index in [4.69, 9.17) is 0 Å². The van der Waals surface area contributed by atoms with E-state index in [1.807, 2.05) is 13.8 Å². The summed E-state index contributed by atoms with van der Waals surface area (Å²) < 4.78 is 18.7. The number of fused-ring (bicyclic) bond motifs is 1. The maximum atomic E-state index is 14.1. The number of anilines is 1. The summed E-state index contributed by atoms with van der Waals surface area (Å²) in [5, 5.41) is 2.43. The summed E-state index contributed by atoms with van der Waals surface area (Å²) in [5.41, 5.74) is -0.575. The van der Waals surface area contributed by atoms with Crippen molar-refractivity contribution in [1.29, 1.82) is 0 Å². The molecule has 0 aliphatic rings. The van der Waals surface area contributed by atoms with Crippen molar-refractivity contribution in [3.05, 3.63) is 55.7 Å². The van der Waals surface area contributed by atoms with Gasteiger partial charge < -0.3 is 9.88 Å². The first kappa shape index (κ1) is 22.9. The Hall–Kier alpha value is -2.75. The molecule has 0 saturated carbocycles. The van der Waals surface area contributed by atoms with E-state index in [9.17, 15) is 18.8 Å². The second kappa shape index (κ2) is 10.0. The molecule has 10 heteroatoms. The van der Waals surface area contributed by atoms with Crippen molar-refractivity contribution < 1.29 is 9.18 Å². The molecular weight excluding hydrogens is 469 g/mol. The average Bonchev–Trinajstić information content (AvgIpc) is 3.15. The Kier molecular flexibility index (Phi) is 7.42. The number of carbonyl (C=O) groups is 1. The molecule has 0 atom stereocenters. The lowest BCUT2D eigenvalue weighted by molar-refractivity contribution is -0.116. The minimum Gasteiger partial charge on any atom is -0.325 e. The van der Waals surface area contributed by atoms with Crippen LogP contribution in [0.2, 0.25) is 0 Å². The van der Waals surface area contributed by atoms with Crippen LogP contribution in [0.4, 0.5) is 10.1 Å². The fourth-order valence-electron chi connectivity index (χ4n) is 3.32. The molecule has 3 rings (SSSR count). The van der Waals surface area contributed by atoms with E-state index in [0.717, 1.165) is 30.3 Å². The lowest BCUT2D eigenvalue weighted by Gasteiger charge is -2.13. The number of carbonyl (C=O) groups excluding carboxylic acids is 1. The number of hydrogen-bond donors (Lipinski definition) is 1. The Morgan fingerprint density at radius 2 is 1.84 bits per heavy atom. The van der Waals surface area contributed by atoms with Gasteiger partial charge in [0.15, 0.2) is 11.2 Å². The van der Waals surface area contributed by atoms with Gasteiger partial charge in [-0.2, -0.15) is 0 Å². The van der Waals surface area contributed by atoms with Gasteiger partial charge in [0, 0.05) is 17.6 Å². The monoisotopic (exact) mass is 493 g/mol. The van der Waals surface area contributed by atoms with E-state index in [2.05, 4.69) is 26.2 Å². The molecule has 166 valence electrons. The van der Waals surface area contributed by atoms with Gasteiger partial charge in [0.05, 0.1) is 12.0 Å². The highest BCUT2D eigenvalue weighted by atomic mass is 79.9. The average molecular weight is 494 g/mol. The third-order valence-electron chi connectivity index (χ3n) is 4.98. The topological polar surface area (TPSA) is 90.9 Å². The molecule has 0 fully saturated rings. The predicted molar refractivity (Wildman–Crippen MR) is 121 cm³/mol. The standard InChI is InChI=1S/C21H25BrFN5O3/c1-3-5-9-26-13-24-19-18(26)20(30)28(21(31)27(19)10-6-4-2)12-17(29)25-16-8-7-14(22)11-15(16)23/h7-8,11,13H,3-6,9-10,12H2,1-2H3,(H,25,29). The molecule has 3 aromatic rings. The number of aromatic nitrogens is 4. The SMILES string of the molecule is CCCCn1cnc2c1c(=O)n(CC(=O)Nc1ccc(Br)cc1F)c(=O)n2CCCC. The van der Waals surface area contributed by atoms with Crippen LogP contribution in [0, 0.1) is 5.82 Å². The van der Waals surface area contributed by atoms with Crippen LogP contribution >= 0.6 is 15.9 Å². The van der Waals surface area contributed by atoms with Crippen LogP contribution in [-0.4, -0.2) is 24.6 Å². The minimum absolute atomic E-state index is 0.0263. The minimum atomic E-state index is -0.665. The van der Waals surface area contributed by atoms with E-state index < -0.39 is 29.5 Å². The van der Waals surface area contributed by atoms with E-state index in [1.54, 1.807) is 17.0 Å². The fourth-order valence-corrected chi connectivity index (χ4v) is 3.65. The van der Waals surface area contributed by atoms with Crippen LogP contribution in [0.3, 0.4) is 0 Å². The quantitative estimate of drug-likeness (QED) is 0.493. The molecule has 0 aliphatic heterocycles. The highest BCUT2D eigenvalue weighted by molar-refractivity contribution is 9.10. The van der Waals surface area contributed by atoms with Crippen molar-refractivity contribution >= 4 is 38.7 Å². The van der Waals surface area contributed by atoms with E-state index in [-0.39, 0.29) is 5.69 Å². The molecule has 1 N–H and O–H groups in total. The highest BCUT2D eigenvalue weighted by Gasteiger charge is 2.20. The molecule has 0 radical (unpaired) electrons. The molecule has 0 bridgehead atoms. The Bertz CT molecular complexity index is 1210. The number of imidazole rings is 1. The lowest BCUT2D eigenvalue weighted by atomic mass is 10.3. The zero-order valence-corrected chi connectivity index (χ0v) is 19.1. The van der Waals surface area contributed by atoms with Crippen LogP contribution in [0.5, 0.6) is 0 Å². The molecule has 1 aromatic carbocycles. The Morgan fingerprint density at radius 1 is 1.13 bits per heavy atom. The summed E-state index contributed by atoms with van der Waals surface area (Å²) in [5.74, 6) is -1.29. The highest BCUT2D eigenvalue weighted by Crippen LogP contribution is 2.19. The lowest BCUT2D eigenvalue weighted by Crippen LogP contribution is -2.43. The van der Waals surface area contributed by atoms with Crippen molar-refractivity contribution in [3.63, 3.8) is 0 Å². The van der Waals surface area contributed by atoms with Gasteiger partial charge in [-0.3, -0.25) is 14.2 Å². The van der Waals surface area contributed by atoms with Crippen molar-refractivity contribution in [1.82, 2.24) is 18.7 Å². The van der Waals surface area contributed by atoms with E-state index in [1.165, 1.54) is 16.7 Å². The molecule has 0 unspecified atom stereocenters. The molecule has 2 aromatic heterocycles. The first-order valence-corrected chi connectivity index (χ1v) is 11.1.